The van der Waals surface area contributed by atoms with Crippen LogP contribution in [0, 0.1) is 0 Å². The van der Waals surface area contributed by atoms with Crippen molar-refractivity contribution in [3.05, 3.63) is 18.1 Å². The number of rotatable bonds is 4. The third-order valence-corrected chi connectivity index (χ3v) is 4.93. The summed E-state index contributed by atoms with van der Waals surface area (Å²) in [5.74, 6) is 0.779. The van der Waals surface area contributed by atoms with E-state index in [0.29, 0.717) is 11.7 Å². The highest BCUT2D eigenvalue weighted by atomic mass is 16.2. The second kappa shape index (κ2) is 7.73. The lowest BCUT2D eigenvalue weighted by Gasteiger charge is -2.33. The van der Waals surface area contributed by atoms with Gasteiger partial charge in [0, 0.05) is 32.2 Å². The van der Waals surface area contributed by atoms with Gasteiger partial charge in [-0.2, -0.15) is 0 Å². The highest BCUT2D eigenvalue weighted by Gasteiger charge is 2.22. The van der Waals surface area contributed by atoms with E-state index < -0.39 is 0 Å². The molecule has 0 spiro atoms. The molecule has 0 aromatic carbocycles. The topological polar surface area (TPSA) is 61.4 Å². The highest BCUT2D eigenvalue weighted by molar-refractivity contribution is 5.92. The number of amides is 1. The fraction of sp³-hybridized carbons (Fsp3) is 0.706. The Morgan fingerprint density at radius 2 is 1.87 bits per heavy atom. The van der Waals surface area contributed by atoms with E-state index in [1.807, 2.05) is 4.90 Å². The molecule has 0 radical (unpaired) electrons. The Bertz CT molecular complexity index is 504. The molecule has 23 heavy (non-hydrogen) atoms. The van der Waals surface area contributed by atoms with E-state index in [1.54, 1.807) is 12.4 Å². The van der Waals surface area contributed by atoms with Gasteiger partial charge in [0.05, 0.1) is 12.4 Å². The lowest BCUT2D eigenvalue weighted by Crippen LogP contribution is -2.48. The van der Waals surface area contributed by atoms with Crippen LogP contribution in [-0.2, 0) is 0 Å². The number of aromatic nitrogens is 2. The molecule has 2 heterocycles. The third kappa shape index (κ3) is 4.19. The molecule has 1 saturated carbocycles. The van der Waals surface area contributed by atoms with Crippen molar-refractivity contribution >= 4 is 11.7 Å². The smallest absolute Gasteiger partial charge is 0.274 e. The average Bonchev–Trinajstić information content (AvgIpc) is 2.63. The summed E-state index contributed by atoms with van der Waals surface area (Å²) in [4.78, 5) is 25.4. The SMILES string of the molecule is CCN1CCN(C(=O)c2cnc(NC3CCCCC3)cn2)CC1. The summed E-state index contributed by atoms with van der Waals surface area (Å²) in [5.41, 5.74) is 0.448. The van der Waals surface area contributed by atoms with Gasteiger partial charge in [0.15, 0.2) is 0 Å². The normalized spacial score (nSPS) is 20.5. The maximum atomic E-state index is 12.5. The van der Waals surface area contributed by atoms with Crippen LogP contribution >= 0.6 is 0 Å². The molecule has 1 aromatic rings. The Hall–Kier alpha value is -1.69. The van der Waals surface area contributed by atoms with Crippen molar-refractivity contribution in [3.63, 3.8) is 0 Å². The quantitative estimate of drug-likeness (QED) is 0.920. The number of nitrogens with one attached hydrogen (secondary N) is 1. The number of carbonyl (C=O) groups excluding carboxylic acids is 1. The summed E-state index contributed by atoms with van der Waals surface area (Å²) < 4.78 is 0. The molecule has 126 valence electrons. The van der Waals surface area contributed by atoms with Crippen molar-refractivity contribution in [1.29, 1.82) is 0 Å². The first kappa shape index (κ1) is 16.2. The average molecular weight is 317 g/mol. The van der Waals surface area contributed by atoms with Crippen LogP contribution in [0.5, 0.6) is 0 Å². The predicted molar refractivity (Wildman–Crippen MR) is 90.5 cm³/mol. The molecular formula is C17H27N5O. The van der Waals surface area contributed by atoms with Crippen LogP contribution in [0.1, 0.15) is 49.5 Å². The number of likely N-dealkylation sites (N-methyl/N-ethyl adjacent to an activating group) is 1. The van der Waals surface area contributed by atoms with Gasteiger partial charge in [0.25, 0.3) is 5.91 Å². The maximum absolute atomic E-state index is 12.5. The fourth-order valence-electron chi connectivity index (χ4n) is 3.40. The molecule has 1 N–H and O–H groups in total. The zero-order valence-electron chi connectivity index (χ0n) is 14.0. The summed E-state index contributed by atoms with van der Waals surface area (Å²) in [6.07, 6.45) is 9.61. The molecule has 1 aromatic heterocycles. The number of carbonyl (C=O) groups is 1. The van der Waals surface area contributed by atoms with Gasteiger partial charge in [-0.1, -0.05) is 26.2 Å². The number of piperazine rings is 1. The molecule has 0 atom stereocenters. The minimum absolute atomic E-state index is 0.00234. The van der Waals surface area contributed by atoms with E-state index in [4.69, 9.17) is 0 Å². The summed E-state index contributed by atoms with van der Waals surface area (Å²) in [6, 6.07) is 0.502. The van der Waals surface area contributed by atoms with Crippen LogP contribution < -0.4 is 5.32 Å². The van der Waals surface area contributed by atoms with E-state index in [0.717, 1.165) is 38.5 Å². The van der Waals surface area contributed by atoms with Gasteiger partial charge in [-0.3, -0.25) is 4.79 Å². The molecule has 1 aliphatic carbocycles. The Kier molecular flexibility index (Phi) is 5.43. The highest BCUT2D eigenvalue weighted by Crippen LogP contribution is 2.20. The van der Waals surface area contributed by atoms with Crippen molar-refractivity contribution in [2.75, 3.05) is 38.0 Å². The standard InChI is InChI=1S/C17H27N5O/c1-2-21-8-10-22(11-9-21)17(23)15-12-19-16(13-18-15)20-14-6-4-3-5-7-14/h12-14H,2-11H2,1H3,(H,19,20). The van der Waals surface area contributed by atoms with E-state index in [9.17, 15) is 4.79 Å². The Morgan fingerprint density at radius 3 is 2.48 bits per heavy atom. The van der Waals surface area contributed by atoms with Crippen LogP contribution in [0.15, 0.2) is 12.4 Å². The molecular weight excluding hydrogens is 290 g/mol. The molecule has 1 amide bonds. The summed E-state index contributed by atoms with van der Waals surface area (Å²) in [6.45, 7) is 6.63. The molecule has 6 heteroatoms. The molecule has 0 unspecified atom stereocenters. The van der Waals surface area contributed by atoms with Gasteiger partial charge < -0.3 is 15.1 Å². The van der Waals surface area contributed by atoms with E-state index in [1.165, 1.54) is 32.1 Å². The number of anilines is 1. The van der Waals surface area contributed by atoms with Gasteiger partial charge in [0.2, 0.25) is 0 Å². The van der Waals surface area contributed by atoms with Crippen molar-refractivity contribution in [2.24, 2.45) is 0 Å². The van der Waals surface area contributed by atoms with Crippen molar-refractivity contribution in [1.82, 2.24) is 19.8 Å². The Labute approximate surface area is 138 Å². The van der Waals surface area contributed by atoms with Gasteiger partial charge in [-0.25, -0.2) is 9.97 Å². The minimum Gasteiger partial charge on any atom is -0.366 e. The van der Waals surface area contributed by atoms with E-state index >= 15 is 0 Å². The monoisotopic (exact) mass is 317 g/mol. The zero-order valence-corrected chi connectivity index (χ0v) is 14.0. The van der Waals surface area contributed by atoms with Crippen LogP contribution in [0.2, 0.25) is 0 Å². The van der Waals surface area contributed by atoms with Crippen LogP contribution in [0.25, 0.3) is 0 Å². The maximum Gasteiger partial charge on any atom is 0.274 e. The second-order valence-electron chi connectivity index (χ2n) is 6.49. The summed E-state index contributed by atoms with van der Waals surface area (Å²) in [5, 5.41) is 3.43. The minimum atomic E-state index is -0.00234. The molecule has 2 fully saturated rings. The van der Waals surface area contributed by atoms with Gasteiger partial charge >= 0.3 is 0 Å². The van der Waals surface area contributed by atoms with Gasteiger partial charge in [-0.05, 0) is 19.4 Å². The fourth-order valence-corrected chi connectivity index (χ4v) is 3.40. The van der Waals surface area contributed by atoms with Crippen molar-refractivity contribution in [2.45, 2.75) is 45.1 Å². The lowest BCUT2D eigenvalue weighted by atomic mass is 9.96. The molecule has 6 nitrogen and oxygen atoms in total. The molecule has 0 bridgehead atoms. The Balaban J connectivity index is 1.55. The Morgan fingerprint density at radius 1 is 1.13 bits per heavy atom. The lowest BCUT2D eigenvalue weighted by molar-refractivity contribution is 0.0637. The first-order valence-corrected chi connectivity index (χ1v) is 8.86. The molecule has 3 rings (SSSR count). The van der Waals surface area contributed by atoms with Crippen LogP contribution in [0.3, 0.4) is 0 Å². The molecule has 1 aliphatic heterocycles. The van der Waals surface area contributed by atoms with Crippen LogP contribution in [0.4, 0.5) is 5.82 Å². The zero-order chi connectivity index (χ0) is 16.1. The number of hydrogen-bond donors (Lipinski definition) is 1. The number of nitrogens with zero attached hydrogens (tertiary/aromatic N) is 4. The van der Waals surface area contributed by atoms with Gasteiger partial charge in [-0.15, -0.1) is 0 Å². The first-order valence-electron chi connectivity index (χ1n) is 8.86. The van der Waals surface area contributed by atoms with Crippen molar-refractivity contribution in [3.8, 4) is 0 Å². The van der Waals surface area contributed by atoms with E-state index in [2.05, 4.69) is 27.1 Å². The summed E-state index contributed by atoms with van der Waals surface area (Å²) >= 11 is 0. The third-order valence-electron chi connectivity index (χ3n) is 4.93. The number of hydrogen-bond acceptors (Lipinski definition) is 5. The van der Waals surface area contributed by atoms with Crippen LogP contribution in [-0.4, -0.2) is 64.4 Å². The molecule has 1 saturated heterocycles. The van der Waals surface area contributed by atoms with E-state index in [-0.39, 0.29) is 5.91 Å². The second-order valence-corrected chi connectivity index (χ2v) is 6.49. The molecule has 2 aliphatic rings. The summed E-state index contributed by atoms with van der Waals surface area (Å²) in [7, 11) is 0. The first-order chi connectivity index (χ1) is 11.3. The van der Waals surface area contributed by atoms with Gasteiger partial charge in [0.1, 0.15) is 11.5 Å². The predicted octanol–water partition coefficient (Wildman–Crippen LogP) is 2.00. The van der Waals surface area contributed by atoms with Crippen molar-refractivity contribution < 1.29 is 4.79 Å². The largest absolute Gasteiger partial charge is 0.366 e.